The molecule has 1 aliphatic heterocycles. The third-order valence-electron chi connectivity index (χ3n) is 3.47. The first kappa shape index (κ1) is 15.6. The van der Waals surface area contributed by atoms with Crippen LogP contribution in [-0.2, 0) is 13.0 Å². The van der Waals surface area contributed by atoms with E-state index in [1.165, 1.54) is 16.0 Å². The van der Waals surface area contributed by atoms with Gasteiger partial charge in [0, 0.05) is 45.7 Å². The lowest BCUT2D eigenvalue weighted by atomic mass is 10.0. The Morgan fingerprint density at radius 3 is 2.81 bits per heavy atom. The zero-order valence-corrected chi connectivity index (χ0v) is 13.3. The van der Waals surface area contributed by atoms with Gasteiger partial charge in [0.15, 0.2) is 0 Å². The summed E-state index contributed by atoms with van der Waals surface area (Å²) in [5, 5.41) is 6.17. The monoisotopic (exact) mass is 291 g/mol. The number of hydrogen-bond donors (Lipinski definition) is 2. The number of para-hydroxylation sites is 1. The van der Waals surface area contributed by atoms with Gasteiger partial charge in [-0.3, -0.25) is 0 Å². The topological polar surface area (TPSA) is 53.6 Å². The molecule has 0 saturated heterocycles. The number of fused-ring (bicyclic) bond motifs is 1. The second-order valence-electron chi connectivity index (χ2n) is 6.25. The van der Waals surface area contributed by atoms with Crippen molar-refractivity contribution in [2.24, 2.45) is 0 Å². The summed E-state index contributed by atoms with van der Waals surface area (Å²) in [5.74, 6) is 1.02. The van der Waals surface area contributed by atoms with E-state index in [4.69, 9.17) is 4.74 Å². The number of benzene rings is 1. The quantitative estimate of drug-likeness (QED) is 0.813. The van der Waals surface area contributed by atoms with E-state index in [1.54, 1.807) is 14.1 Å². The molecule has 0 radical (unpaired) electrons. The highest BCUT2D eigenvalue weighted by Crippen LogP contribution is 2.37. The molecule has 1 heterocycles. The van der Waals surface area contributed by atoms with Crippen LogP contribution in [0.2, 0.25) is 0 Å². The average Bonchev–Trinajstić information content (AvgIpc) is 2.72. The molecule has 0 unspecified atom stereocenters. The van der Waals surface area contributed by atoms with Crippen LogP contribution < -0.4 is 15.4 Å². The van der Waals surface area contributed by atoms with Crippen molar-refractivity contribution >= 4 is 6.03 Å². The van der Waals surface area contributed by atoms with Crippen LogP contribution in [0.5, 0.6) is 5.75 Å². The van der Waals surface area contributed by atoms with E-state index in [1.807, 2.05) is 0 Å². The van der Waals surface area contributed by atoms with Crippen molar-refractivity contribution in [2.45, 2.75) is 32.4 Å². The average molecular weight is 291 g/mol. The third-order valence-corrected chi connectivity index (χ3v) is 3.47. The van der Waals surface area contributed by atoms with Crippen molar-refractivity contribution in [1.82, 2.24) is 15.5 Å². The summed E-state index contributed by atoms with van der Waals surface area (Å²) in [5.41, 5.74) is 2.34. The summed E-state index contributed by atoms with van der Waals surface area (Å²) >= 11 is 0. The summed E-state index contributed by atoms with van der Waals surface area (Å²) in [6, 6.07) is 6.23. The van der Waals surface area contributed by atoms with Crippen LogP contribution >= 0.6 is 0 Å². The number of urea groups is 1. The number of hydrogen-bond acceptors (Lipinski definition) is 3. The van der Waals surface area contributed by atoms with Crippen molar-refractivity contribution in [3.63, 3.8) is 0 Å². The molecule has 0 aliphatic carbocycles. The van der Waals surface area contributed by atoms with Gasteiger partial charge < -0.3 is 20.3 Å². The summed E-state index contributed by atoms with van der Waals surface area (Å²) < 4.78 is 6.04. The maximum atomic E-state index is 11.4. The molecule has 0 aromatic heterocycles. The predicted molar refractivity (Wildman–Crippen MR) is 83.6 cm³/mol. The van der Waals surface area contributed by atoms with E-state index in [9.17, 15) is 4.79 Å². The molecule has 1 aromatic carbocycles. The molecule has 2 amide bonds. The second-order valence-corrected chi connectivity index (χ2v) is 6.25. The first-order valence-corrected chi connectivity index (χ1v) is 7.35. The Labute approximate surface area is 126 Å². The van der Waals surface area contributed by atoms with Gasteiger partial charge in [-0.25, -0.2) is 4.79 Å². The SMILES string of the molecule is CN(C)C(=O)NCCNCc1cccc2c1OC(C)(C)C2. The van der Waals surface area contributed by atoms with Gasteiger partial charge in [0.2, 0.25) is 0 Å². The second kappa shape index (κ2) is 6.35. The maximum absolute atomic E-state index is 11.4. The molecule has 5 nitrogen and oxygen atoms in total. The fourth-order valence-corrected chi connectivity index (χ4v) is 2.46. The first-order chi connectivity index (χ1) is 9.89. The molecule has 2 N–H and O–H groups in total. The Balaban J connectivity index is 1.81. The van der Waals surface area contributed by atoms with Gasteiger partial charge in [0.05, 0.1) is 0 Å². The number of rotatable bonds is 5. The van der Waals surface area contributed by atoms with Gasteiger partial charge in [-0.05, 0) is 19.4 Å². The molecule has 1 aliphatic rings. The van der Waals surface area contributed by atoms with Crippen molar-refractivity contribution in [1.29, 1.82) is 0 Å². The van der Waals surface area contributed by atoms with Gasteiger partial charge in [-0.1, -0.05) is 18.2 Å². The largest absolute Gasteiger partial charge is 0.487 e. The van der Waals surface area contributed by atoms with Gasteiger partial charge in [0.1, 0.15) is 11.4 Å². The fraction of sp³-hybridized carbons (Fsp3) is 0.562. The minimum atomic E-state index is -0.113. The lowest BCUT2D eigenvalue weighted by Crippen LogP contribution is -2.38. The van der Waals surface area contributed by atoms with Crippen molar-refractivity contribution in [2.75, 3.05) is 27.2 Å². The Kier molecular flexibility index (Phi) is 4.73. The van der Waals surface area contributed by atoms with Gasteiger partial charge >= 0.3 is 6.03 Å². The highest BCUT2D eigenvalue weighted by atomic mass is 16.5. The van der Waals surface area contributed by atoms with Crippen molar-refractivity contribution < 1.29 is 9.53 Å². The number of nitrogens with zero attached hydrogens (tertiary/aromatic N) is 1. The van der Waals surface area contributed by atoms with Crippen LogP contribution in [-0.4, -0.2) is 43.7 Å². The molecule has 0 bridgehead atoms. The van der Waals surface area contributed by atoms with E-state index in [0.717, 1.165) is 25.3 Å². The fourth-order valence-electron chi connectivity index (χ4n) is 2.46. The number of amides is 2. The lowest BCUT2D eigenvalue weighted by Gasteiger charge is -2.18. The van der Waals surface area contributed by atoms with Crippen LogP contribution in [0.15, 0.2) is 18.2 Å². The summed E-state index contributed by atoms with van der Waals surface area (Å²) in [6.07, 6.45) is 0.953. The van der Waals surface area contributed by atoms with Crippen LogP contribution in [0, 0.1) is 0 Å². The molecular formula is C16H25N3O2. The molecule has 21 heavy (non-hydrogen) atoms. The number of carbonyl (C=O) groups excluding carboxylic acids is 1. The lowest BCUT2D eigenvalue weighted by molar-refractivity contribution is 0.137. The number of ether oxygens (including phenoxy) is 1. The minimum absolute atomic E-state index is 0.0671. The maximum Gasteiger partial charge on any atom is 0.316 e. The Morgan fingerprint density at radius 1 is 1.33 bits per heavy atom. The van der Waals surface area contributed by atoms with Crippen LogP contribution in [0.3, 0.4) is 0 Å². The van der Waals surface area contributed by atoms with Crippen molar-refractivity contribution in [3.05, 3.63) is 29.3 Å². The molecule has 5 heteroatoms. The summed E-state index contributed by atoms with van der Waals surface area (Å²) in [4.78, 5) is 12.9. The molecule has 0 spiro atoms. The van der Waals surface area contributed by atoms with E-state index < -0.39 is 0 Å². The zero-order valence-electron chi connectivity index (χ0n) is 13.3. The normalized spacial score (nSPS) is 15.2. The van der Waals surface area contributed by atoms with Gasteiger partial charge in [-0.15, -0.1) is 0 Å². The molecular weight excluding hydrogens is 266 g/mol. The number of carbonyl (C=O) groups is 1. The van der Waals surface area contributed by atoms with Crippen LogP contribution in [0.25, 0.3) is 0 Å². The van der Waals surface area contributed by atoms with E-state index in [-0.39, 0.29) is 11.6 Å². The molecule has 0 fully saturated rings. The van der Waals surface area contributed by atoms with Crippen LogP contribution in [0.1, 0.15) is 25.0 Å². The smallest absolute Gasteiger partial charge is 0.316 e. The Morgan fingerprint density at radius 2 is 2.10 bits per heavy atom. The molecule has 1 aromatic rings. The molecule has 116 valence electrons. The summed E-state index contributed by atoms with van der Waals surface area (Å²) in [6.45, 7) is 6.31. The first-order valence-electron chi connectivity index (χ1n) is 7.35. The predicted octanol–water partition coefficient (Wildman–Crippen LogP) is 1.76. The highest BCUT2D eigenvalue weighted by Gasteiger charge is 2.31. The number of nitrogens with one attached hydrogen (secondary N) is 2. The van der Waals surface area contributed by atoms with Crippen LogP contribution in [0.4, 0.5) is 4.79 Å². The zero-order chi connectivity index (χ0) is 15.5. The van der Waals surface area contributed by atoms with E-state index in [2.05, 4.69) is 42.7 Å². The molecule has 2 rings (SSSR count). The Hall–Kier alpha value is -1.75. The Bertz CT molecular complexity index is 512. The van der Waals surface area contributed by atoms with E-state index in [0.29, 0.717) is 6.54 Å². The standard InChI is InChI=1S/C16H25N3O2/c1-16(2)10-12-6-5-7-13(14(12)21-16)11-17-8-9-18-15(20)19(3)4/h5-7,17H,8-11H2,1-4H3,(H,18,20). The third kappa shape index (κ3) is 4.11. The van der Waals surface area contributed by atoms with Gasteiger partial charge in [0.25, 0.3) is 0 Å². The summed E-state index contributed by atoms with van der Waals surface area (Å²) in [7, 11) is 3.46. The van der Waals surface area contributed by atoms with Crippen molar-refractivity contribution in [3.8, 4) is 5.75 Å². The highest BCUT2D eigenvalue weighted by molar-refractivity contribution is 5.73. The van der Waals surface area contributed by atoms with Gasteiger partial charge in [-0.2, -0.15) is 0 Å². The van der Waals surface area contributed by atoms with E-state index >= 15 is 0 Å². The molecule has 0 atom stereocenters. The molecule has 0 saturated carbocycles. The minimum Gasteiger partial charge on any atom is -0.487 e.